The zero-order valence-electron chi connectivity index (χ0n) is 8.22. The van der Waals surface area contributed by atoms with Gasteiger partial charge in [0.2, 0.25) is 0 Å². The molecule has 0 aliphatic heterocycles. The number of nitrogens with zero attached hydrogens (tertiary/aromatic N) is 1. The Labute approximate surface area is 74.4 Å². The van der Waals surface area contributed by atoms with E-state index in [4.69, 9.17) is 5.73 Å². The summed E-state index contributed by atoms with van der Waals surface area (Å²) in [5.41, 5.74) is 5.98. The molecule has 1 unspecified atom stereocenters. The molecule has 3 nitrogen and oxygen atoms in total. The van der Waals surface area contributed by atoms with E-state index < -0.39 is 0 Å². The predicted molar refractivity (Wildman–Crippen MR) is 52.1 cm³/mol. The van der Waals surface area contributed by atoms with Gasteiger partial charge in [0.05, 0.1) is 0 Å². The van der Waals surface area contributed by atoms with Crippen molar-refractivity contribution in [3.05, 3.63) is 0 Å². The first-order valence-electron chi connectivity index (χ1n) is 4.55. The van der Waals surface area contributed by atoms with Crippen molar-refractivity contribution in [3.63, 3.8) is 0 Å². The summed E-state index contributed by atoms with van der Waals surface area (Å²) in [5, 5.41) is 3.25. The van der Waals surface area contributed by atoms with E-state index >= 15 is 0 Å². The summed E-state index contributed by atoms with van der Waals surface area (Å²) >= 11 is 0. The van der Waals surface area contributed by atoms with Gasteiger partial charge in [0.1, 0.15) is 0 Å². The Morgan fingerprint density at radius 1 is 1.58 bits per heavy atom. The van der Waals surface area contributed by atoms with Gasteiger partial charge in [-0.15, -0.1) is 0 Å². The third-order valence-electron chi connectivity index (χ3n) is 2.82. The SMILES string of the molecule is CN=C(N)NC1CCCC1(C)C. The van der Waals surface area contributed by atoms with Crippen LogP contribution in [0.25, 0.3) is 0 Å². The zero-order chi connectivity index (χ0) is 9.19. The first-order chi connectivity index (χ1) is 5.56. The molecule has 0 radical (unpaired) electrons. The maximum atomic E-state index is 5.61. The van der Waals surface area contributed by atoms with Crippen molar-refractivity contribution in [3.8, 4) is 0 Å². The lowest BCUT2D eigenvalue weighted by Crippen LogP contribution is -2.45. The fraction of sp³-hybridized carbons (Fsp3) is 0.889. The van der Waals surface area contributed by atoms with E-state index in [2.05, 4.69) is 24.2 Å². The zero-order valence-corrected chi connectivity index (χ0v) is 8.22. The van der Waals surface area contributed by atoms with Crippen LogP contribution in [0.1, 0.15) is 33.1 Å². The largest absolute Gasteiger partial charge is 0.370 e. The monoisotopic (exact) mass is 169 g/mol. The van der Waals surface area contributed by atoms with E-state index in [0.717, 1.165) is 0 Å². The van der Waals surface area contributed by atoms with Crippen molar-refractivity contribution < 1.29 is 0 Å². The second-order valence-corrected chi connectivity index (χ2v) is 4.19. The Morgan fingerprint density at radius 2 is 2.25 bits per heavy atom. The molecule has 0 aromatic rings. The first-order valence-corrected chi connectivity index (χ1v) is 4.55. The molecule has 0 spiro atoms. The van der Waals surface area contributed by atoms with Crippen LogP contribution < -0.4 is 11.1 Å². The Bertz CT molecular complexity index is 184. The van der Waals surface area contributed by atoms with Gasteiger partial charge in [0.25, 0.3) is 0 Å². The topological polar surface area (TPSA) is 50.4 Å². The molecule has 1 atom stereocenters. The third-order valence-corrected chi connectivity index (χ3v) is 2.82. The molecule has 3 heteroatoms. The van der Waals surface area contributed by atoms with Crippen molar-refractivity contribution in [2.75, 3.05) is 7.05 Å². The molecule has 0 aromatic heterocycles. The molecule has 0 saturated heterocycles. The minimum atomic E-state index is 0.370. The number of hydrogen-bond acceptors (Lipinski definition) is 1. The standard InChI is InChI=1S/C9H19N3/c1-9(2)6-4-5-7(9)12-8(10)11-3/h7H,4-6H2,1-3H3,(H3,10,11,12). The van der Waals surface area contributed by atoms with Gasteiger partial charge in [-0.05, 0) is 18.3 Å². The minimum Gasteiger partial charge on any atom is -0.370 e. The van der Waals surface area contributed by atoms with Crippen molar-refractivity contribution in [2.45, 2.75) is 39.2 Å². The molecular formula is C9H19N3. The fourth-order valence-electron chi connectivity index (χ4n) is 1.84. The van der Waals surface area contributed by atoms with Gasteiger partial charge in [-0.1, -0.05) is 20.3 Å². The number of hydrogen-bond donors (Lipinski definition) is 2. The number of guanidine groups is 1. The van der Waals surface area contributed by atoms with Gasteiger partial charge in [0.15, 0.2) is 5.96 Å². The quantitative estimate of drug-likeness (QED) is 0.456. The Kier molecular flexibility index (Phi) is 2.60. The summed E-state index contributed by atoms with van der Waals surface area (Å²) in [7, 11) is 1.71. The Hall–Kier alpha value is -0.730. The lowest BCUT2D eigenvalue weighted by atomic mass is 9.87. The van der Waals surface area contributed by atoms with E-state index in [9.17, 15) is 0 Å². The molecular weight excluding hydrogens is 150 g/mol. The molecule has 1 fully saturated rings. The van der Waals surface area contributed by atoms with Crippen LogP contribution in [-0.4, -0.2) is 19.0 Å². The molecule has 70 valence electrons. The van der Waals surface area contributed by atoms with Crippen LogP contribution in [0, 0.1) is 5.41 Å². The molecule has 1 aliphatic rings. The predicted octanol–water partition coefficient (Wildman–Crippen LogP) is 1.10. The summed E-state index contributed by atoms with van der Waals surface area (Å²) in [5.74, 6) is 0.565. The highest BCUT2D eigenvalue weighted by molar-refractivity contribution is 5.78. The van der Waals surface area contributed by atoms with Crippen LogP contribution in [-0.2, 0) is 0 Å². The van der Waals surface area contributed by atoms with Gasteiger partial charge in [-0.25, -0.2) is 0 Å². The van der Waals surface area contributed by atoms with Gasteiger partial charge in [-0.2, -0.15) is 0 Å². The number of rotatable bonds is 1. The van der Waals surface area contributed by atoms with Gasteiger partial charge >= 0.3 is 0 Å². The van der Waals surface area contributed by atoms with Gasteiger partial charge < -0.3 is 11.1 Å². The fourth-order valence-corrected chi connectivity index (χ4v) is 1.84. The summed E-state index contributed by atoms with van der Waals surface area (Å²) in [6, 6.07) is 0.501. The lowest BCUT2D eigenvalue weighted by molar-refractivity contribution is 0.310. The van der Waals surface area contributed by atoms with Crippen LogP contribution in [0.5, 0.6) is 0 Å². The molecule has 0 bridgehead atoms. The average Bonchev–Trinajstić information content (AvgIpc) is 2.31. The molecule has 0 amide bonds. The molecule has 3 N–H and O–H groups in total. The highest BCUT2D eigenvalue weighted by atomic mass is 15.1. The maximum Gasteiger partial charge on any atom is 0.188 e. The second-order valence-electron chi connectivity index (χ2n) is 4.19. The first kappa shape index (κ1) is 9.36. The van der Waals surface area contributed by atoms with Crippen molar-refractivity contribution >= 4 is 5.96 Å². The maximum absolute atomic E-state index is 5.61. The number of nitrogens with two attached hydrogens (primary N) is 1. The molecule has 0 heterocycles. The van der Waals surface area contributed by atoms with E-state index in [1.165, 1.54) is 19.3 Å². The van der Waals surface area contributed by atoms with E-state index in [1.54, 1.807) is 7.05 Å². The molecule has 1 rings (SSSR count). The summed E-state index contributed by atoms with van der Waals surface area (Å²) in [4.78, 5) is 3.90. The summed E-state index contributed by atoms with van der Waals surface area (Å²) in [6.45, 7) is 4.56. The lowest BCUT2D eigenvalue weighted by Gasteiger charge is -2.27. The Morgan fingerprint density at radius 3 is 2.67 bits per heavy atom. The van der Waals surface area contributed by atoms with Crippen LogP contribution in [0.3, 0.4) is 0 Å². The van der Waals surface area contributed by atoms with Crippen molar-refractivity contribution in [2.24, 2.45) is 16.1 Å². The van der Waals surface area contributed by atoms with E-state index in [1.807, 2.05) is 0 Å². The highest BCUT2D eigenvalue weighted by Gasteiger charge is 2.34. The Balaban J connectivity index is 2.52. The molecule has 1 aliphatic carbocycles. The third kappa shape index (κ3) is 1.90. The van der Waals surface area contributed by atoms with Crippen LogP contribution in [0.15, 0.2) is 4.99 Å². The average molecular weight is 169 g/mol. The van der Waals surface area contributed by atoms with Crippen molar-refractivity contribution in [1.82, 2.24) is 5.32 Å². The summed E-state index contributed by atoms with van der Waals surface area (Å²) in [6.07, 6.45) is 3.78. The molecule has 1 saturated carbocycles. The second kappa shape index (κ2) is 3.33. The molecule has 12 heavy (non-hydrogen) atoms. The molecule has 0 aromatic carbocycles. The van der Waals surface area contributed by atoms with Crippen LogP contribution >= 0.6 is 0 Å². The van der Waals surface area contributed by atoms with Crippen LogP contribution in [0.4, 0.5) is 0 Å². The van der Waals surface area contributed by atoms with Crippen molar-refractivity contribution in [1.29, 1.82) is 0 Å². The van der Waals surface area contributed by atoms with Gasteiger partial charge in [0, 0.05) is 13.1 Å². The van der Waals surface area contributed by atoms with E-state index in [-0.39, 0.29) is 0 Å². The normalized spacial score (nSPS) is 28.9. The van der Waals surface area contributed by atoms with Crippen LogP contribution in [0.2, 0.25) is 0 Å². The number of aliphatic imine (C=N–C) groups is 1. The van der Waals surface area contributed by atoms with Gasteiger partial charge in [-0.3, -0.25) is 4.99 Å². The summed E-state index contributed by atoms with van der Waals surface area (Å²) < 4.78 is 0. The minimum absolute atomic E-state index is 0.370. The smallest absolute Gasteiger partial charge is 0.188 e. The van der Waals surface area contributed by atoms with E-state index in [0.29, 0.717) is 17.4 Å². The number of nitrogens with one attached hydrogen (secondary N) is 1. The highest BCUT2D eigenvalue weighted by Crippen LogP contribution is 2.36.